The third-order valence-electron chi connectivity index (χ3n) is 1.82. The van der Waals surface area contributed by atoms with Gasteiger partial charge in [-0.05, 0) is 31.1 Å². The van der Waals surface area contributed by atoms with Crippen molar-refractivity contribution in [2.24, 2.45) is 0 Å². The van der Waals surface area contributed by atoms with E-state index in [1.165, 1.54) is 5.56 Å². The molecular formula is C11H11O2-. The maximum absolute atomic E-state index is 10.2. The van der Waals surface area contributed by atoms with Gasteiger partial charge in [0.25, 0.3) is 0 Å². The molecule has 0 amide bonds. The lowest BCUT2D eigenvalue weighted by molar-refractivity contribution is -0.297. The molecule has 0 radical (unpaired) electrons. The van der Waals surface area contributed by atoms with Gasteiger partial charge < -0.3 is 9.90 Å². The Morgan fingerprint density at radius 3 is 2.62 bits per heavy atom. The van der Waals surface area contributed by atoms with Crippen LogP contribution in [0.25, 0.3) is 6.08 Å². The van der Waals surface area contributed by atoms with E-state index in [4.69, 9.17) is 0 Å². The van der Waals surface area contributed by atoms with Gasteiger partial charge in [0.15, 0.2) is 0 Å². The van der Waals surface area contributed by atoms with Crippen molar-refractivity contribution in [1.29, 1.82) is 0 Å². The highest BCUT2D eigenvalue weighted by atomic mass is 16.4. The van der Waals surface area contributed by atoms with Crippen molar-refractivity contribution in [2.75, 3.05) is 0 Å². The SMILES string of the molecule is Cc1ccc(/C=C\C(=O)[O-])c(C)c1. The summed E-state index contributed by atoms with van der Waals surface area (Å²) in [6.45, 7) is 3.95. The van der Waals surface area contributed by atoms with Crippen LogP contribution in [-0.2, 0) is 4.79 Å². The third-order valence-corrected chi connectivity index (χ3v) is 1.82. The minimum absolute atomic E-state index is 0.912. The van der Waals surface area contributed by atoms with E-state index in [0.717, 1.165) is 17.2 Å². The van der Waals surface area contributed by atoms with Crippen molar-refractivity contribution in [2.45, 2.75) is 13.8 Å². The van der Waals surface area contributed by atoms with Gasteiger partial charge in [-0.1, -0.05) is 29.8 Å². The first-order valence-corrected chi connectivity index (χ1v) is 4.06. The van der Waals surface area contributed by atoms with Crippen LogP contribution in [0, 0.1) is 13.8 Å². The van der Waals surface area contributed by atoms with Crippen molar-refractivity contribution in [1.82, 2.24) is 0 Å². The molecule has 0 aliphatic heterocycles. The second-order valence-electron chi connectivity index (χ2n) is 3.01. The van der Waals surface area contributed by atoms with Crippen LogP contribution in [0.5, 0.6) is 0 Å². The summed E-state index contributed by atoms with van der Waals surface area (Å²) < 4.78 is 0. The topological polar surface area (TPSA) is 40.1 Å². The molecule has 0 fully saturated rings. The Morgan fingerprint density at radius 1 is 1.38 bits per heavy atom. The Labute approximate surface area is 77.5 Å². The molecule has 2 heteroatoms. The number of aliphatic carboxylic acids is 1. The fourth-order valence-electron chi connectivity index (χ4n) is 1.17. The third kappa shape index (κ3) is 2.75. The molecule has 13 heavy (non-hydrogen) atoms. The Balaban J connectivity index is 2.96. The molecule has 0 atom stereocenters. The number of carbonyl (C=O) groups is 1. The molecule has 0 heterocycles. The predicted octanol–water partition coefficient (Wildman–Crippen LogP) is 1.07. The van der Waals surface area contributed by atoms with Gasteiger partial charge in [-0.15, -0.1) is 0 Å². The van der Waals surface area contributed by atoms with Gasteiger partial charge in [0, 0.05) is 0 Å². The van der Waals surface area contributed by atoms with Gasteiger partial charge >= 0.3 is 0 Å². The molecule has 0 aromatic heterocycles. The molecule has 1 aromatic carbocycles. The molecule has 2 nitrogen and oxygen atoms in total. The summed E-state index contributed by atoms with van der Waals surface area (Å²) in [4.78, 5) is 10.2. The van der Waals surface area contributed by atoms with Crippen LogP contribution in [0.1, 0.15) is 16.7 Å². The highest BCUT2D eigenvalue weighted by molar-refractivity contribution is 5.83. The van der Waals surface area contributed by atoms with Crippen molar-refractivity contribution >= 4 is 12.0 Å². The lowest BCUT2D eigenvalue weighted by atomic mass is 10.1. The standard InChI is InChI=1S/C11H12O2/c1-8-3-4-10(9(2)7-8)5-6-11(12)13/h3-7H,1-2H3,(H,12,13)/p-1/b6-5-. The first-order valence-electron chi connectivity index (χ1n) is 4.06. The van der Waals surface area contributed by atoms with Gasteiger partial charge in [-0.2, -0.15) is 0 Å². The van der Waals surface area contributed by atoms with Crippen LogP contribution in [0.3, 0.4) is 0 Å². The Morgan fingerprint density at radius 2 is 2.08 bits per heavy atom. The lowest BCUT2D eigenvalue weighted by Crippen LogP contribution is -2.18. The normalized spacial score (nSPS) is 10.6. The van der Waals surface area contributed by atoms with E-state index in [1.807, 2.05) is 32.0 Å². The first kappa shape index (κ1) is 9.52. The molecule has 0 spiro atoms. The van der Waals surface area contributed by atoms with E-state index in [0.29, 0.717) is 0 Å². The molecular weight excluding hydrogens is 164 g/mol. The average Bonchev–Trinajstić information content (AvgIpc) is 2.02. The van der Waals surface area contributed by atoms with Crippen molar-refractivity contribution in [3.63, 3.8) is 0 Å². The molecule has 0 unspecified atom stereocenters. The van der Waals surface area contributed by atoms with E-state index in [9.17, 15) is 9.90 Å². The Kier molecular flexibility index (Phi) is 2.85. The maximum Gasteiger partial charge on any atom is 0.0643 e. The van der Waals surface area contributed by atoms with E-state index in [-0.39, 0.29) is 0 Å². The molecule has 0 aliphatic carbocycles. The largest absolute Gasteiger partial charge is 0.545 e. The summed E-state index contributed by atoms with van der Waals surface area (Å²) in [6, 6.07) is 5.85. The molecule has 0 saturated heterocycles. The van der Waals surface area contributed by atoms with Crippen LogP contribution in [0.15, 0.2) is 24.3 Å². The number of benzene rings is 1. The Hall–Kier alpha value is -1.57. The van der Waals surface area contributed by atoms with E-state index < -0.39 is 5.97 Å². The fourth-order valence-corrected chi connectivity index (χ4v) is 1.17. The van der Waals surface area contributed by atoms with Crippen LogP contribution in [0.4, 0.5) is 0 Å². The molecule has 0 aliphatic rings. The summed E-state index contributed by atoms with van der Waals surface area (Å²) in [5.41, 5.74) is 3.15. The van der Waals surface area contributed by atoms with Crippen molar-refractivity contribution in [3.8, 4) is 0 Å². The lowest BCUT2D eigenvalue weighted by Gasteiger charge is -2.01. The molecule has 1 rings (SSSR count). The van der Waals surface area contributed by atoms with Gasteiger partial charge in [-0.25, -0.2) is 0 Å². The summed E-state index contributed by atoms with van der Waals surface area (Å²) >= 11 is 0. The zero-order valence-electron chi connectivity index (χ0n) is 7.70. The highest BCUT2D eigenvalue weighted by Gasteiger charge is 1.93. The molecule has 0 bridgehead atoms. The second kappa shape index (κ2) is 3.90. The molecule has 0 saturated carbocycles. The monoisotopic (exact) mass is 175 g/mol. The highest BCUT2D eigenvalue weighted by Crippen LogP contribution is 2.11. The number of rotatable bonds is 2. The molecule has 0 N–H and O–H groups in total. The summed E-state index contributed by atoms with van der Waals surface area (Å²) in [5, 5.41) is 10.2. The van der Waals surface area contributed by atoms with Crippen LogP contribution in [0.2, 0.25) is 0 Å². The van der Waals surface area contributed by atoms with Gasteiger partial charge in [0.05, 0.1) is 5.97 Å². The predicted molar refractivity (Wildman–Crippen MR) is 50.0 cm³/mol. The average molecular weight is 175 g/mol. The number of hydrogen-bond donors (Lipinski definition) is 0. The zero-order valence-corrected chi connectivity index (χ0v) is 7.70. The minimum Gasteiger partial charge on any atom is -0.545 e. The molecule has 68 valence electrons. The number of carboxylic acids is 1. The van der Waals surface area contributed by atoms with E-state index in [2.05, 4.69) is 0 Å². The second-order valence-corrected chi connectivity index (χ2v) is 3.01. The van der Waals surface area contributed by atoms with E-state index >= 15 is 0 Å². The zero-order chi connectivity index (χ0) is 9.84. The Bertz CT molecular complexity index is 351. The minimum atomic E-state index is -1.17. The number of hydrogen-bond acceptors (Lipinski definition) is 2. The summed E-state index contributed by atoms with van der Waals surface area (Å²) in [7, 11) is 0. The summed E-state index contributed by atoms with van der Waals surface area (Å²) in [5.74, 6) is -1.17. The smallest absolute Gasteiger partial charge is 0.0643 e. The number of aryl methyl sites for hydroxylation is 2. The van der Waals surface area contributed by atoms with Crippen LogP contribution in [-0.4, -0.2) is 5.97 Å². The summed E-state index contributed by atoms with van der Waals surface area (Å²) in [6.07, 6.45) is 2.59. The number of carbonyl (C=O) groups excluding carboxylic acids is 1. The van der Waals surface area contributed by atoms with Gasteiger partial charge in [-0.3, -0.25) is 0 Å². The van der Waals surface area contributed by atoms with Crippen molar-refractivity contribution < 1.29 is 9.90 Å². The van der Waals surface area contributed by atoms with E-state index in [1.54, 1.807) is 6.08 Å². The van der Waals surface area contributed by atoms with Crippen molar-refractivity contribution in [3.05, 3.63) is 41.0 Å². The van der Waals surface area contributed by atoms with Gasteiger partial charge in [0.1, 0.15) is 0 Å². The van der Waals surface area contributed by atoms with Crippen LogP contribution >= 0.6 is 0 Å². The maximum atomic E-state index is 10.2. The molecule has 1 aromatic rings. The first-order chi connectivity index (χ1) is 6.09. The fraction of sp³-hybridized carbons (Fsp3) is 0.182. The van der Waals surface area contributed by atoms with Crippen LogP contribution < -0.4 is 5.11 Å². The quantitative estimate of drug-likeness (QED) is 0.631. The number of carboxylic acid groups (broad SMARTS) is 1. The van der Waals surface area contributed by atoms with Gasteiger partial charge in [0.2, 0.25) is 0 Å².